The fraction of sp³-hybridized carbons (Fsp3) is 0.500. The molecule has 0 amide bonds. The molecule has 3 heterocycles. The summed E-state index contributed by atoms with van der Waals surface area (Å²) in [7, 11) is 1.88. The molecule has 2 aromatic rings. The number of piperidine rings is 1. The lowest BCUT2D eigenvalue weighted by Crippen LogP contribution is -2.38. The maximum atomic E-state index is 10.6. The summed E-state index contributed by atoms with van der Waals surface area (Å²) in [5.74, 6) is 0.747. The highest BCUT2D eigenvalue weighted by Gasteiger charge is 2.31. The Labute approximate surface area is 137 Å². The van der Waals surface area contributed by atoms with E-state index < -0.39 is 6.10 Å². The number of imidazole rings is 1. The van der Waals surface area contributed by atoms with Gasteiger partial charge in [0.05, 0.1) is 0 Å². The number of aliphatic hydroxyl groups excluding tert-OH is 1. The van der Waals surface area contributed by atoms with Gasteiger partial charge in [0.15, 0.2) is 5.15 Å². The lowest BCUT2D eigenvalue weighted by Gasteiger charge is -2.35. The maximum absolute atomic E-state index is 10.6. The molecule has 22 heavy (non-hydrogen) atoms. The summed E-state index contributed by atoms with van der Waals surface area (Å²) in [6.07, 6.45) is 4.79. The monoisotopic (exact) mass is 337 g/mol. The smallest absolute Gasteiger partial charge is 0.162 e. The number of nitrogens with zero attached hydrogens (tertiary/aromatic N) is 5. The fourth-order valence-electron chi connectivity index (χ4n) is 2.90. The Bertz CT molecular complexity index is 706. The molecular formula is C14H16ClN5OS. The van der Waals surface area contributed by atoms with Gasteiger partial charge in [-0.3, -0.25) is 0 Å². The standard InChI is InChI=1S/C14H16ClN5OS/c1-19-6-4-17-13(19)11(21)9-3-2-5-20(8-9)14-10(7-16)12(15)18-22-14/h4,6,9,11,21H,2-3,5,8H2,1H3. The van der Waals surface area contributed by atoms with Crippen LogP contribution in [-0.2, 0) is 7.05 Å². The van der Waals surface area contributed by atoms with Crippen molar-refractivity contribution in [3.8, 4) is 6.07 Å². The third kappa shape index (κ3) is 2.70. The molecule has 1 aliphatic rings. The molecule has 1 N–H and O–H groups in total. The van der Waals surface area contributed by atoms with Gasteiger partial charge >= 0.3 is 0 Å². The van der Waals surface area contributed by atoms with Gasteiger partial charge in [-0.1, -0.05) is 11.6 Å². The molecule has 2 aromatic heterocycles. The van der Waals surface area contributed by atoms with Crippen LogP contribution in [0.15, 0.2) is 12.4 Å². The van der Waals surface area contributed by atoms with Crippen molar-refractivity contribution in [3.63, 3.8) is 0 Å². The molecule has 0 saturated carbocycles. The Morgan fingerprint density at radius 3 is 3.09 bits per heavy atom. The first-order valence-corrected chi connectivity index (χ1v) is 8.22. The van der Waals surface area contributed by atoms with E-state index >= 15 is 0 Å². The van der Waals surface area contributed by atoms with Gasteiger partial charge in [0.2, 0.25) is 0 Å². The zero-order valence-electron chi connectivity index (χ0n) is 12.1. The van der Waals surface area contributed by atoms with Crippen molar-refractivity contribution in [3.05, 3.63) is 28.9 Å². The van der Waals surface area contributed by atoms with Crippen molar-refractivity contribution in [2.45, 2.75) is 18.9 Å². The van der Waals surface area contributed by atoms with Crippen LogP contribution in [0, 0.1) is 17.2 Å². The van der Waals surface area contributed by atoms with E-state index in [4.69, 9.17) is 11.6 Å². The van der Waals surface area contributed by atoms with Crippen molar-refractivity contribution < 1.29 is 5.11 Å². The van der Waals surface area contributed by atoms with E-state index in [0.29, 0.717) is 17.9 Å². The van der Waals surface area contributed by atoms with Crippen molar-refractivity contribution in [2.75, 3.05) is 18.0 Å². The Hall–Kier alpha value is -1.62. The molecule has 2 atom stereocenters. The van der Waals surface area contributed by atoms with Gasteiger partial charge < -0.3 is 14.6 Å². The number of aliphatic hydroxyl groups is 1. The number of halogens is 1. The largest absolute Gasteiger partial charge is 0.385 e. The molecule has 0 aromatic carbocycles. The number of aryl methyl sites for hydroxylation is 1. The van der Waals surface area contributed by atoms with E-state index in [0.717, 1.165) is 24.4 Å². The van der Waals surface area contributed by atoms with Crippen LogP contribution in [0.1, 0.15) is 30.3 Å². The SMILES string of the molecule is Cn1ccnc1C(O)C1CCCN(c2snc(Cl)c2C#N)C1. The minimum Gasteiger partial charge on any atom is -0.385 e. The normalized spacial score (nSPS) is 19.9. The number of hydrogen-bond acceptors (Lipinski definition) is 6. The average Bonchev–Trinajstić information content (AvgIpc) is 3.12. The first-order chi connectivity index (χ1) is 10.6. The highest BCUT2D eigenvalue weighted by molar-refractivity contribution is 7.10. The Morgan fingerprint density at radius 1 is 1.59 bits per heavy atom. The topological polar surface area (TPSA) is 78.0 Å². The number of anilines is 1. The van der Waals surface area contributed by atoms with Gasteiger partial charge in [0.25, 0.3) is 0 Å². The fourth-order valence-corrected chi connectivity index (χ4v) is 3.96. The molecule has 0 aliphatic carbocycles. The second-order valence-corrected chi connectivity index (χ2v) is 6.56. The van der Waals surface area contributed by atoms with Gasteiger partial charge in [0, 0.05) is 38.4 Å². The molecular weight excluding hydrogens is 322 g/mol. The van der Waals surface area contributed by atoms with Gasteiger partial charge in [-0.25, -0.2) is 4.98 Å². The second-order valence-electron chi connectivity index (χ2n) is 5.45. The van der Waals surface area contributed by atoms with Gasteiger partial charge in [0.1, 0.15) is 28.6 Å². The summed E-state index contributed by atoms with van der Waals surface area (Å²) < 4.78 is 5.90. The van der Waals surface area contributed by atoms with E-state index in [2.05, 4.69) is 20.3 Å². The van der Waals surface area contributed by atoms with Crippen molar-refractivity contribution >= 4 is 28.1 Å². The third-order valence-corrected chi connectivity index (χ3v) is 5.34. The van der Waals surface area contributed by atoms with Crippen molar-refractivity contribution in [1.82, 2.24) is 13.9 Å². The van der Waals surface area contributed by atoms with E-state index in [1.54, 1.807) is 6.20 Å². The van der Waals surface area contributed by atoms with Crippen LogP contribution < -0.4 is 4.90 Å². The molecule has 3 rings (SSSR count). The molecule has 1 fully saturated rings. The summed E-state index contributed by atoms with van der Waals surface area (Å²) >= 11 is 7.19. The molecule has 8 heteroatoms. The molecule has 0 radical (unpaired) electrons. The predicted octanol–water partition coefficient (Wildman–Crippen LogP) is 2.35. The van der Waals surface area contributed by atoms with Crippen LogP contribution in [0.4, 0.5) is 5.00 Å². The number of rotatable bonds is 3. The lowest BCUT2D eigenvalue weighted by molar-refractivity contribution is 0.0876. The van der Waals surface area contributed by atoms with Crippen LogP contribution in [0.3, 0.4) is 0 Å². The molecule has 2 unspecified atom stereocenters. The highest BCUT2D eigenvalue weighted by Crippen LogP contribution is 2.36. The number of aromatic nitrogens is 3. The minimum atomic E-state index is -0.614. The zero-order valence-corrected chi connectivity index (χ0v) is 13.7. The zero-order chi connectivity index (χ0) is 15.7. The van der Waals surface area contributed by atoms with Crippen molar-refractivity contribution in [2.24, 2.45) is 13.0 Å². The third-order valence-electron chi connectivity index (χ3n) is 4.06. The first-order valence-electron chi connectivity index (χ1n) is 7.07. The minimum absolute atomic E-state index is 0.0715. The highest BCUT2D eigenvalue weighted by atomic mass is 35.5. The molecule has 116 valence electrons. The van der Waals surface area contributed by atoms with Crippen molar-refractivity contribution in [1.29, 1.82) is 5.26 Å². The van der Waals surface area contributed by atoms with Gasteiger partial charge in [-0.05, 0) is 24.4 Å². The average molecular weight is 338 g/mol. The maximum Gasteiger partial charge on any atom is 0.162 e. The van der Waals surface area contributed by atoms with E-state index in [1.165, 1.54) is 11.5 Å². The second kappa shape index (κ2) is 6.24. The van der Waals surface area contributed by atoms with Crippen LogP contribution >= 0.6 is 23.1 Å². The molecule has 0 bridgehead atoms. The van der Waals surface area contributed by atoms with Gasteiger partial charge in [-0.15, -0.1) is 0 Å². The predicted molar refractivity (Wildman–Crippen MR) is 84.9 cm³/mol. The number of hydrogen-bond donors (Lipinski definition) is 1. The quantitative estimate of drug-likeness (QED) is 0.930. The summed E-state index contributed by atoms with van der Waals surface area (Å²) in [4.78, 5) is 6.34. The number of nitriles is 1. The lowest BCUT2D eigenvalue weighted by atomic mass is 9.92. The van der Waals surface area contributed by atoms with E-state index in [9.17, 15) is 10.4 Å². The van der Waals surface area contributed by atoms with Crippen LogP contribution in [0.25, 0.3) is 0 Å². The molecule has 0 spiro atoms. The van der Waals surface area contributed by atoms with Crippen LogP contribution in [0.2, 0.25) is 5.15 Å². The molecule has 1 aliphatic heterocycles. The summed E-state index contributed by atoms with van der Waals surface area (Å²) in [6, 6.07) is 2.12. The summed E-state index contributed by atoms with van der Waals surface area (Å²) in [6.45, 7) is 1.51. The summed E-state index contributed by atoms with van der Waals surface area (Å²) in [5, 5.41) is 20.9. The van der Waals surface area contributed by atoms with Crippen LogP contribution in [-0.4, -0.2) is 32.1 Å². The Kier molecular flexibility index (Phi) is 4.34. The van der Waals surface area contributed by atoms with Crippen LogP contribution in [0.5, 0.6) is 0 Å². The Balaban J connectivity index is 1.80. The first kappa shape index (κ1) is 15.3. The molecule has 6 nitrogen and oxygen atoms in total. The van der Waals surface area contributed by atoms with E-state index in [-0.39, 0.29) is 11.1 Å². The Morgan fingerprint density at radius 2 is 2.41 bits per heavy atom. The summed E-state index contributed by atoms with van der Waals surface area (Å²) in [5.41, 5.74) is 0.429. The van der Waals surface area contributed by atoms with Gasteiger partial charge in [-0.2, -0.15) is 9.64 Å². The van der Waals surface area contributed by atoms with E-state index in [1.807, 2.05) is 17.8 Å². The molecule has 1 saturated heterocycles.